The first-order valence-electron chi connectivity index (χ1n) is 10.4. The molecule has 0 aliphatic heterocycles. The van der Waals surface area contributed by atoms with Gasteiger partial charge in [-0.25, -0.2) is 14.6 Å². The third-order valence-electron chi connectivity index (χ3n) is 4.95. The van der Waals surface area contributed by atoms with Crippen LogP contribution in [-0.4, -0.2) is 24.0 Å². The number of benzene rings is 4. The number of fused-ring (bicyclic) bond motifs is 1. The molecule has 7 nitrogen and oxygen atoms in total. The number of halogens is 3. The van der Waals surface area contributed by atoms with Crippen molar-refractivity contribution in [2.45, 2.75) is 0 Å². The van der Waals surface area contributed by atoms with Crippen molar-refractivity contribution >= 4 is 63.7 Å². The second kappa shape index (κ2) is 11.0. The summed E-state index contributed by atoms with van der Waals surface area (Å²) < 4.78 is 18.6. The standard InChI is InChI=1S/C26H16Cl2FN3O4/c27-16-6-11-20(22(28)13-16)26(35)36-23-12-5-15-3-1-2-4-19(15)21(23)14-30-32-25(34)24(33)31-18-9-7-17(29)8-10-18/h1-14H,(H,31,33)(H,32,34)/b30-14-. The molecule has 0 bridgehead atoms. The van der Waals surface area contributed by atoms with E-state index in [-0.39, 0.29) is 22.0 Å². The predicted molar refractivity (Wildman–Crippen MR) is 136 cm³/mol. The largest absolute Gasteiger partial charge is 0.422 e. The first-order chi connectivity index (χ1) is 17.3. The van der Waals surface area contributed by atoms with Crippen LogP contribution in [0.3, 0.4) is 0 Å². The normalized spacial score (nSPS) is 10.9. The maximum absolute atomic E-state index is 13.0. The van der Waals surface area contributed by atoms with Crippen LogP contribution in [0.15, 0.2) is 84.0 Å². The number of ether oxygens (including phenoxy) is 1. The molecule has 4 rings (SSSR count). The highest BCUT2D eigenvalue weighted by Gasteiger charge is 2.17. The summed E-state index contributed by atoms with van der Waals surface area (Å²) in [5.74, 6) is -3.10. The van der Waals surface area contributed by atoms with Gasteiger partial charge >= 0.3 is 17.8 Å². The Morgan fingerprint density at radius 1 is 0.889 bits per heavy atom. The number of carbonyl (C=O) groups is 3. The molecule has 0 aromatic heterocycles. The van der Waals surface area contributed by atoms with E-state index in [1.807, 2.05) is 12.1 Å². The molecule has 4 aromatic rings. The Balaban J connectivity index is 1.55. The average Bonchev–Trinajstić information content (AvgIpc) is 2.86. The van der Waals surface area contributed by atoms with E-state index in [1.165, 1.54) is 36.5 Å². The van der Waals surface area contributed by atoms with Crippen LogP contribution in [0.5, 0.6) is 5.75 Å². The smallest absolute Gasteiger partial charge is 0.345 e. The van der Waals surface area contributed by atoms with Crippen LogP contribution in [0.2, 0.25) is 10.0 Å². The van der Waals surface area contributed by atoms with Crippen molar-refractivity contribution in [2.24, 2.45) is 5.10 Å². The Hall–Kier alpha value is -4.27. The van der Waals surface area contributed by atoms with Gasteiger partial charge in [-0.1, -0.05) is 53.5 Å². The van der Waals surface area contributed by atoms with Crippen LogP contribution in [-0.2, 0) is 9.59 Å². The van der Waals surface area contributed by atoms with Gasteiger partial charge in [-0.3, -0.25) is 9.59 Å². The molecule has 36 heavy (non-hydrogen) atoms. The van der Waals surface area contributed by atoms with E-state index in [2.05, 4.69) is 15.8 Å². The van der Waals surface area contributed by atoms with Gasteiger partial charge in [0.1, 0.15) is 11.6 Å². The Bertz CT molecular complexity index is 1510. The molecule has 0 unspecified atom stereocenters. The van der Waals surface area contributed by atoms with Crippen LogP contribution in [0.4, 0.5) is 10.1 Å². The highest BCUT2D eigenvalue weighted by molar-refractivity contribution is 6.39. The first-order valence-corrected chi connectivity index (χ1v) is 11.2. The van der Waals surface area contributed by atoms with Crippen molar-refractivity contribution < 1.29 is 23.5 Å². The SMILES string of the molecule is O=C(N/N=C\c1c(OC(=O)c2ccc(Cl)cc2Cl)ccc2ccccc12)C(=O)Nc1ccc(F)cc1. The van der Waals surface area contributed by atoms with Gasteiger partial charge in [0.05, 0.1) is 16.8 Å². The lowest BCUT2D eigenvalue weighted by molar-refractivity contribution is -0.136. The monoisotopic (exact) mass is 523 g/mol. The summed E-state index contributed by atoms with van der Waals surface area (Å²) in [4.78, 5) is 37.0. The van der Waals surface area contributed by atoms with Gasteiger partial charge in [0.2, 0.25) is 0 Å². The zero-order valence-electron chi connectivity index (χ0n) is 18.3. The van der Waals surface area contributed by atoms with Crippen molar-refractivity contribution in [3.63, 3.8) is 0 Å². The summed E-state index contributed by atoms with van der Waals surface area (Å²) in [7, 11) is 0. The van der Waals surface area contributed by atoms with Crippen molar-refractivity contribution in [1.82, 2.24) is 5.43 Å². The van der Waals surface area contributed by atoms with Gasteiger partial charge in [0.25, 0.3) is 0 Å². The summed E-state index contributed by atoms with van der Waals surface area (Å²) >= 11 is 12.0. The molecule has 0 heterocycles. The minimum atomic E-state index is -1.05. The predicted octanol–water partition coefficient (Wildman–Crippen LogP) is 5.59. The lowest BCUT2D eigenvalue weighted by Gasteiger charge is -2.11. The fraction of sp³-hybridized carbons (Fsp3) is 0. The summed E-state index contributed by atoms with van der Waals surface area (Å²) in [5, 5.41) is 8.19. The van der Waals surface area contributed by atoms with Gasteiger partial charge < -0.3 is 10.1 Å². The third-order valence-corrected chi connectivity index (χ3v) is 5.50. The molecule has 10 heteroatoms. The summed E-state index contributed by atoms with van der Waals surface area (Å²) in [6.45, 7) is 0. The number of hydrazone groups is 1. The molecule has 0 atom stereocenters. The van der Waals surface area contributed by atoms with Crippen LogP contribution in [0.25, 0.3) is 10.8 Å². The van der Waals surface area contributed by atoms with E-state index in [1.54, 1.807) is 24.3 Å². The van der Waals surface area contributed by atoms with Crippen LogP contribution in [0, 0.1) is 5.82 Å². The zero-order valence-corrected chi connectivity index (χ0v) is 19.8. The molecule has 0 spiro atoms. The molecule has 2 N–H and O–H groups in total. The van der Waals surface area contributed by atoms with E-state index in [9.17, 15) is 18.8 Å². The Labute approximate surface area is 214 Å². The number of carbonyl (C=O) groups excluding carboxylic acids is 3. The summed E-state index contributed by atoms with van der Waals surface area (Å²) in [6, 6.07) is 19.9. The second-order valence-electron chi connectivity index (χ2n) is 7.37. The molecule has 0 saturated carbocycles. The van der Waals surface area contributed by atoms with Crippen LogP contribution < -0.4 is 15.5 Å². The molecule has 180 valence electrons. The van der Waals surface area contributed by atoms with Crippen molar-refractivity contribution in [2.75, 3.05) is 5.32 Å². The van der Waals surface area contributed by atoms with Crippen molar-refractivity contribution in [1.29, 1.82) is 0 Å². The molecular formula is C26H16Cl2FN3O4. The van der Waals surface area contributed by atoms with Crippen LogP contribution >= 0.6 is 23.2 Å². The Kier molecular flexibility index (Phi) is 7.58. The molecule has 0 aliphatic carbocycles. The fourth-order valence-corrected chi connectivity index (χ4v) is 3.72. The number of hydrogen-bond acceptors (Lipinski definition) is 5. The highest BCUT2D eigenvalue weighted by atomic mass is 35.5. The lowest BCUT2D eigenvalue weighted by Crippen LogP contribution is -2.32. The van der Waals surface area contributed by atoms with Crippen molar-refractivity contribution in [3.8, 4) is 5.75 Å². The van der Waals surface area contributed by atoms with Gasteiger partial charge in [-0.2, -0.15) is 5.10 Å². The van der Waals surface area contributed by atoms with Crippen molar-refractivity contribution in [3.05, 3.63) is 106 Å². The molecule has 4 aromatic carbocycles. The second-order valence-corrected chi connectivity index (χ2v) is 8.22. The van der Waals surface area contributed by atoms with E-state index >= 15 is 0 Å². The van der Waals surface area contributed by atoms with E-state index in [0.29, 0.717) is 16.0 Å². The number of esters is 1. The Morgan fingerprint density at radius 2 is 1.64 bits per heavy atom. The third kappa shape index (κ3) is 5.86. The minimum absolute atomic E-state index is 0.114. The van der Waals surface area contributed by atoms with Gasteiger partial charge in [-0.05, 0) is 59.3 Å². The first kappa shape index (κ1) is 24.8. The molecule has 0 saturated heterocycles. The molecule has 0 aliphatic rings. The summed E-state index contributed by atoms with van der Waals surface area (Å²) in [5.41, 5.74) is 2.86. The number of hydrogen-bond donors (Lipinski definition) is 2. The zero-order chi connectivity index (χ0) is 25.7. The molecular weight excluding hydrogens is 508 g/mol. The fourth-order valence-electron chi connectivity index (χ4n) is 3.23. The minimum Gasteiger partial charge on any atom is -0.422 e. The van der Waals surface area contributed by atoms with Gasteiger partial charge in [-0.15, -0.1) is 0 Å². The number of anilines is 1. The van der Waals surface area contributed by atoms with Crippen LogP contribution in [0.1, 0.15) is 15.9 Å². The van der Waals surface area contributed by atoms with E-state index in [4.69, 9.17) is 27.9 Å². The molecule has 0 radical (unpaired) electrons. The number of nitrogens with zero attached hydrogens (tertiary/aromatic N) is 1. The topological polar surface area (TPSA) is 96.9 Å². The van der Waals surface area contributed by atoms with E-state index < -0.39 is 23.6 Å². The van der Waals surface area contributed by atoms with Gasteiger partial charge in [0.15, 0.2) is 0 Å². The maximum atomic E-state index is 13.0. The quantitative estimate of drug-likeness (QED) is 0.117. The van der Waals surface area contributed by atoms with Gasteiger partial charge in [0, 0.05) is 16.3 Å². The number of amides is 2. The maximum Gasteiger partial charge on any atom is 0.345 e. The number of rotatable bonds is 5. The molecule has 0 fully saturated rings. The average molecular weight is 524 g/mol. The molecule has 2 amide bonds. The van der Waals surface area contributed by atoms with E-state index in [0.717, 1.165) is 17.5 Å². The summed E-state index contributed by atoms with van der Waals surface area (Å²) in [6.07, 6.45) is 1.26. The number of nitrogens with one attached hydrogen (secondary N) is 2. The highest BCUT2D eigenvalue weighted by Crippen LogP contribution is 2.29. The Morgan fingerprint density at radius 3 is 2.39 bits per heavy atom. The lowest BCUT2D eigenvalue weighted by atomic mass is 10.0.